The van der Waals surface area contributed by atoms with Crippen molar-refractivity contribution in [3.63, 3.8) is 0 Å². The summed E-state index contributed by atoms with van der Waals surface area (Å²) in [4.78, 5) is 23.4. The summed E-state index contributed by atoms with van der Waals surface area (Å²) in [5.74, 6) is -1.82. The number of esters is 1. The van der Waals surface area contributed by atoms with E-state index in [9.17, 15) is 14.0 Å². The van der Waals surface area contributed by atoms with Gasteiger partial charge in [-0.1, -0.05) is 45.7 Å². The molecule has 0 heterocycles. The summed E-state index contributed by atoms with van der Waals surface area (Å²) < 4.78 is 18.8. The zero-order valence-electron chi connectivity index (χ0n) is 11.8. The number of rotatable bonds is 5. The van der Waals surface area contributed by atoms with Crippen molar-refractivity contribution < 1.29 is 18.7 Å². The van der Waals surface area contributed by atoms with Crippen molar-refractivity contribution >= 4 is 39.4 Å². The fraction of sp³-hybridized carbons (Fsp3) is 0.125. The van der Waals surface area contributed by atoms with Crippen LogP contribution in [0.15, 0.2) is 46.9 Å². The number of ether oxygens (including phenoxy) is 1. The van der Waals surface area contributed by atoms with Gasteiger partial charge in [0.15, 0.2) is 6.61 Å². The summed E-state index contributed by atoms with van der Waals surface area (Å²) in [6, 6.07) is 10.9. The van der Waals surface area contributed by atoms with Gasteiger partial charge in [-0.25, -0.2) is 9.18 Å². The largest absolute Gasteiger partial charge is 0.452 e. The summed E-state index contributed by atoms with van der Waals surface area (Å²) in [6.07, 6.45) is 0. The number of halogens is 3. The smallest absolute Gasteiger partial charge is 0.338 e. The highest BCUT2D eigenvalue weighted by atomic mass is 79.9. The van der Waals surface area contributed by atoms with Crippen LogP contribution in [0.2, 0.25) is 5.02 Å². The second-order valence-corrected chi connectivity index (χ2v) is 5.83. The standard InChI is InChI=1S/C16H12BrClFNO3/c17-12-4-2-1-3-11(12)8-20-15(21)9-23-16(22)10-5-6-14(19)13(18)7-10/h1-7H,8-9H2,(H,20,21). The molecule has 0 radical (unpaired) electrons. The van der Waals surface area contributed by atoms with Crippen molar-refractivity contribution in [2.45, 2.75) is 6.54 Å². The van der Waals surface area contributed by atoms with Crippen molar-refractivity contribution in [2.75, 3.05) is 6.61 Å². The zero-order chi connectivity index (χ0) is 16.8. The highest BCUT2D eigenvalue weighted by molar-refractivity contribution is 9.10. The Morgan fingerprint density at radius 1 is 1.22 bits per heavy atom. The van der Waals surface area contributed by atoms with Crippen molar-refractivity contribution in [2.24, 2.45) is 0 Å². The second kappa shape index (κ2) is 8.08. The highest BCUT2D eigenvalue weighted by Gasteiger charge is 2.12. The Kier molecular flexibility index (Phi) is 6.12. The third kappa shape index (κ3) is 5.04. The normalized spacial score (nSPS) is 10.2. The Morgan fingerprint density at radius 2 is 1.96 bits per heavy atom. The highest BCUT2D eigenvalue weighted by Crippen LogP contribution is 2.17. The molecule has 2 rings (SSSR count). The molecule has 0 spiro atoms. The molecule has 0 saturated carbocycles. The molecule has 0 fully saturated rings. The zero-order valence-corrected chi connectivity index (χ0v) is 14.2. The fourth-order valence-corrected chi connectivity index (χ4v) is 2.33. The number of benzene rings is 2. The predicted molar refractivity (Wildman–Crippen MR) is 87.7 cm³/mol. The first-order valence-electron chi connectivity index (χ1n) is 6.59. The van der Waals surface area contributed by atoms with Crippen molar-refractivity contribution in [3.8, 4) is 0 Å². The first-order chi connectivity index (χ1) is 11.0. The Bertz CT molecular complexity index is 739. The van der Waals surface area contributed by atoms with Crippen LogP contribution in [0.25, 0.3) is 0 Å². The molecular formula is C16H12BrClFNO3. The quantitative estimate of drug-likeness (QED) is 0.779. The van der Waals surface area contributed by atoms with E-state index < -0.39 is 24.3 Å². The van der Waals surface area contributed by atoms with E-state index in [1.165, 1.54) is 6.07 Å². The topological polar surface area (TPSA) is 55.4 Å². The van der Waals surface area contributed by atoms with E-state index in [0.29, 0.717) is 6.54 Å². The monoisotopic (exact) mass is 399 g/mol. The number of carbonyl (C=O) groups is 2. The van der Waals surface area contributed by atoms with Gasteiger partial charge in [0.2, 0.25) is 0 Å². The number of hydrogen-bond donors (Lipinski definition) is 1. The summed E-state index contributed by atoms with van der Waals surface area (Å²) in [6.45, 7) is -0.127. The van der Waals surface area contributed by atoms with Gasteiger partial charge in [0.05, 0.1) is 10.6 Å². The summed E-state index contributed by atoms with van der Waals surface area (Å²) in [5.41, 5.74) is 0.979. The van der Waals surface area contributed by atoms with Gasteiger partial charge in [0, 0.05) is 11.0 Å². The van der Waals surface area contributed by atoms with Gasteiger partial charge in [-0.05, 0) is 29.8 Å². The minimum Gasteiger partial charge on any atom is -0.452 e. The summed E-state index contributed by atoms with van der Waals surface area (Å²) in [5, 5.41) is 2.45. The Balaban J connectivity index is 1.83. The Labute approximate surface area is 145 Å². The van der Waals surface area contributed by atoms with E-state index in [0.717, 1.165) is 22.2 Å². The molecule has 0 bridgehead atoms. The van der Waals surface area contributed by atoms with E-state index in [2.05, 4.69) is 21.2 Å². The summed E-state index contributed by atoms with van der Waals surface area (Å²) in [7, 11) is 0. The fourth-order valence-electron chi connectivity index (χ4n) is 1.72. The molecule has 7 heteroatoms. The third-order valence-corrected chi connectivity index (χ3v) is 3.99. The predicted octanol–water partition coefficient (Wildman–Crippen LogP) is 3.71. The van der Waals surface area contributed by atoms with Gasteiger partial charge in [-0.3, -0.25) is 4.79 Å². The average molecular weight is 401 g/mol. The SMILES string of the molecule is O=C(COC(=O)c1ccc(F)c(Cl)c1)NCc1ccccc1Br. The Morgan fingerprint density at radius 3 is 2.65 bits per heavy atom. The van der Waals surface area contributed by atoms with Gasteiger partial charge < -0.3 is 10.1 Å². The van der Waals surface area contributed by atoms with Crippen LogP contribution in [0.5, 0.6) is 0 Å². The third-order valence-electron chi connectivity index (χ3n) is 2.92. The molecule has 2 aromatic rings. The molecule has 0 aliphatic heterocycles. The van der Waals surface area contributed by atoms with Crippen LogP contribution < -0.4 is 5.32 Å². The molecule has 0 aromatic heterocycles. The first kappa shape index (κ1) is 17.4. The van der Waals surface area contributed by atoms with E-state index in [4.69, 9.17) is 16.3 Å². The molecule has 0 saturated heterocycles. The minimum atomic E-state index is -0.747. The lowest BCUT2D eigenvalue weighted by atomic mass is 10.2. The summed E-state index contributed by atoms with van der Waals surface area (Å²) >= 11 is 8.96. The van der Waals surface area contributed by atoms with E-state index in [-0.39, 0.29) is 10.6 Å². The molecule has 23 heavy (non-hydrogen) atoms. The molecule has 4 nitrogen and oxygen atoms in total. The maximum atomic E-state index is 13.0. The molecule has 1 N–H and O–H groups in total. The molecule has 0 atom stereocenters. The molecule has 0 aliphatic rings. The number of carbonyl (C=O) groups excluding carboxylic acids is 2. The second-order valence-electron chi connectivity index (χ2n) is 4.57. The number of nitrogens with one attached hydrogen (secondary N) is 1. The van der Waals surface area contributed by atoms with Crippen molar-refractivity contribution in [3.05, 3.63) is 68.9 Å². The minimum absolute atomic E-state index is 0.0787. The molecular weight excluding hydrogens is 389 g/mol. The lowest BCUT2D eigenvalue weighted by Gasteiger charge is -2.08. The van der Waals surface area contributed by atoms with Crippen molar-refractivity contribution in [1.82, 2.24) is 5.32 Å². The van der Waals surface area contributed by atoms with Gasteiger partial charge in [0.25, 0.3) is 5.91 Å². The van der Waals surface area contributed by atoms with Gasteiger partial charge in [-0.2, -0.15) is 0 Å². The van der Waals surface area contributed by atoms with Crippen LogP contribution in [-0.2, 0) is 16.1 Å². The van der Waals surface area contributed by atoms with Gasteiger partial charge in [-0.15, -0.1) is 0 Å². The van der Waals surface area contributed by atoms with Crippen LogP contribution >= 0.6 is 27.5 Å². The van der Waals surface area contributed by atoms with Crippen molar-refractivity contribution in [1.29, 1.82) is 0 Å². The van der Waals surface area contributed by atoms with E-state index in [1.807, 2.05) is 24.3 Å². The van der Waals surface area contributed by atoms with Gasteiger partial charge >= 0.3 is 5.97 Å². The van der Waals surface area contributed by atoms with E-state index >= 15 is 0 Å². The van der Waals surface area contributed by atoms with Gasteiger partial charge in [0.1, 0.15) is 5.82 Å². The average Bonchev–Trinajstić information content (AvgIpc) is 2.54. The molecule has 0 aliphatic carbocycles. The number of hydrogen-bond acceptors (Lipinski definition) is 3. The Hall–Kier alpha value is -1.92. The van der Waals surface area contributed by atoms with E-state index in [1.54, 1.807) is 0 Å². The van der Waals surface area contributed by atoms with Crippen LogP contribution in [0, 0.1) is 5.82 Å². The molecule has 120 valence electrons. The van der Waals surface area contributed by atoms with Crippen LogP contribution in [0.4, 0.5) is 4.39 Å². The van der Waals surface area contributed by atoms with Crippen LogP contribution in [0.3, 0.4) is 0 Å². The molecule has 0 unspecified atom stereocenters. The molecule has 2 aromatic carbocycles. The number of amides is 1. The maximum absolute atomic E-state index is 13.0. The molecule has 1 amide bonds. The lowest BCUT2D eigenvalue weighted by molar-refractivity contribution is -0.124. The van der Waals surface area contributed by atoms with Crippen LogP contribution in [0.1, 0.15) is 15.9 Å². The first-order valence-corrected chi connectivity index (χ1v) is 7.77. The lowest BCUT2D eigenvalue weighted by Crippen LogP contribution is -2.28. The maximum Gasteiger partial charge on any atom is 0.338 e. The van der Waals surface area contributed by atoms with Crippen LogP contribution in [-0.4, -0.2) is 18.5 Å².